The quantitative estimate of drug-likeness (QED) is 0.359. The van der Waals surface area contributed by atoms with Crippen molar-refractivity contribution < 1.29 is 9.21 Å². The fourth-order valence-corrected chi connectivity index (χ4v) is 3.71. The Bertz CT molecular complexity index is 1260. The second-order valence-corrected chi connectivity index (χ2v) is 7.90. The molecular formula is C22H15Cl3N2O2. The number of amides is 1. The van der Waals surface area contributed by atoms with E-state index in [0.717, 1.165) is 16.7 Å². The molecule has 7 heteroatoms. The zero-order valence-corrected chi connectivity index (χ0v) is 17.8. The summed E-state index contributed by atoms with van der Waals surface area (Å²) in [5.41, 5.74) is 4.64. The molecule has 1 N–H and O–H groups in total. The van der Waals surface area contributed by atoms with Gasteiger partial charge in [-0.25, -0.2) is 4.98 Å². The van der Waals surface area contributed by atoms with E-state index in [0.29, 0.717) is 43.3 Å². The van der Waals surface area contributed by atoms with Gasteiger partial charge in [0.15, 0.2) is 5.58 Å². The fraction of sp³-hybridized carbons (Fsp3) is 0.0909. The predicted octanol–water partition coefficient (Wildman–Crippen LogP) is 7.32. The topological polar surface area (TPSA) is 55.1 Å². The highest BCUT2D eigenvalue weighted by molar-refractivity contribution is 6.38. The van der Waals surface area contributed by atoms with Gasteiger partial charge in [0, 0.05) is 26.9 Å². The van der Waals surface area contributed by atoms with Gasteiger partial charge in [0.1, 0.15) is 5.52 Å². The molecule has 0 aliphatic heterocycles. The molecule has 0 aliphatic rings. The number of carbonyl (C=O) groups is 1. The second kappa shape index (κ2) is 7.71. The molecule has 4 rings (SSSR count). The zero-order valence-electron chi connectivity index (χ0n) is 15.5. The largest absolute Gasteiger partial charge is 0.434 e. The molecule has 1 amide bonds. The summed E-state index contributed by atoms with van der Waals surface area (Å²) < 4.78 is 5.86. The first kappa shape index (κ1) is 19.8. The van der Waals surface area contributed by atoms with Crippen molar-refractivity contribution in [3.8, 4) is 11.5 Å². The first-order valence-corrected chi connectivity index (χ1v) is 9.90. The summed E-state index contributed by atoms with van der Waals surface area (Å²) in [7, 11) is 0. The number of hydrogen-bond donors (Lipinski definition) is 1. The maximum Gasteiger partial charge on any atom is 0.255 e. The number of nitrogens with zero attached hydrogens (tertiary/aromatic N) is 1. The number of oxazole rings is 1. The minimum Gasteiger partial charge on any atom is -0.434 e. The van der Waals surface area contributed by atoms with E-state index in [1.807, 2.05) is 38.1 Å². The summed E-state index contributed by atoms with van der Waals surface area (Å²) in [6, 6.07) is 14.0. The monoisotopic (exact) mass is 444 g/mol. The van der Waals surface area contributed by atoms with Gasteiger partial charge in [-0.3, -0.25) is 4.79 Å². The zero-order chi connectivity index (χ0) is 20.7. The number of aryl methyl sites for hydroxylation is 1. The van der Waals surface area contributed by atoms with E-state index in [4.69, 9.17) is 39.2 Å². The lowest BCUT2D eigenvalue weighted by Crippen LogP contribution is -2.13. The van der Waals surface area contributed by atoms with Crippen LogP contribution >= 0.6 is 34.8 Å². The highest BCUT2D eigenvalue weighted by Crippen LogP contribution is 2.34. The maximum atomic E-state index is 12.7. The lowest BCUT2D eigenvalue weighted by atomic mass is 10.1. The summed E-state index contributed by atoms with van der Waals surface area (Å²) in [6.07, 6.45) is 0. The number of aromatic nitrogens is 1. The number of anilines is 1. The van der Waals surface area contributed by atoms with E-state index < -0.39 is 0 Å². The lowest BCUT2D eigenvalue weighted by Gasteiger charge is -2.11. The number of nitrogens with one attached hydrogen (secondary N) is 1. The molecule has 1 heterocycles. The molecule has 0 bridgehead atoms. The average molecular weight is 446 g/mol. The molecule has 1 aromatic heterocycles. The van der Waals surface area contributed by atoms with Gasteiger partial charge in [-0.05, 0) is 61.4 Å². The molecule has 0 fully saturated rings. The van der Waals surface area contributed by atoms with Crippen LogP contribution in [-0.2, 0) is 0 Å². The van der Waals surface area contributed by atoms with Crippen molar-refractivity contribution in [1.29, 1.82) is 0 Å². The molecule has 0 unspecified atom stereocenters. The standard InChI is InChI=1S/C22H15Cl3N2O2/c1-11-6-7-13(8-16(11)24)21(28)26-18-5-3-4-15(12(18)2)22-27-19-10-14(23)9-17(25)20(19)29-22/h3-10H,1-2H3,(H,26,28). The van der Waals surface area contributed by atoms with Crippen LogP contribution in [0.5, 0.6) is 0 Å². The Hall–Kier alpha value is -2.53. The van der Waals surface area contributed by atoms with Crippen molar-refractivity contribution in [3.63, 3.8) is 0 Å². The number of fused-ring (bicyclic) bond motifs is 1. The minimum atomic E-state index is -0.250. The van der Waals surface area contributed by atoms with E-state index in [1.165, 1.54) is 0 Å². The highest BCUT2D eigenvalue weighted by atomic mass is 35.5. The number of benzene rings is 3. The Morgan fingerprint density at radius 1 is 1.00 bits per heavy atom. The first-order chi connectivity index (χ1) is 13.8. The van der Waals surface area contributed by atoms with Gasteiger partial charge in [-0.15, -0.1) is 0 Å². The Kier molecular flexibility index (Phi) is 5.26. The van der Waals surface area contributed by atoms with E-state index in [9.17, 15) is 4.79 Å². The van der Waals surface area contributed by atoms with Gasteiger partial charge >= 0.3 is 0 Å². The molecule has 0 spiro atoms. The van der Waals surface area contributed by atoms with Crippen molar-refractivity contribution in [2.75, 3.05) is 5.32 Å². The minimum absolute atomic E-state index is 0.250. The van der Waals surface area contributed by atoms with Crippen molar-refractivity contribution in [2.24, 2.45) is 0 Å². The summed E-state index contributed by atoms with van der Waals surface area (Å²) in [5.74, 6) is 0.149. The molecule has 0 saturated carbocycles. The summed E-state index contributed by atoms with van der Waals surface area (Å²) in [4.78, 5) is 17.2. The second-order valence-electron chi connectivity index (χ2n) is 6.65. The van der Waals surface area contributed by atoms with Gasteiger partial charge in [0.25, 0.3) is 5.91 Å². The smallest absolute Gasteiger partial charge is 0.255 e. The molecule has 0 saturated heterocycles. The van der Waals surface area contributed by atoms with Crippen LogP contribution in [0.15, 0.2) is 52.9 Å². The summed E-state index contributed by atoms with van der Waals surface area (Å²) in [5, 5.41) is 4.35. The molecule has 0 radical (unpaired) electrons. The third kappa shape index (κ3) is 3.84. The van der Waals surface area contributed by atoms with E-state index in [-0.39, 0.29) is 5.91 Å². The Labute approximate surface area is 182 Å². The number of carbonyl (C=O) groups excluding carboxylic acids is 1. The lowest BCUT2D eigenvalue weighted by molar-refractivity contribution is 0.102. The number of rotatable bonds is 3. The number of halogens is 3. The van der Waals surface area contributed by atoms with Gasteiger partial charge in [-0.1, -0.05) is 46.9 Å². The van der Waals surface area contributed by atoms with Crippen molar-refractivity contribution in [3.05, 3.63) is 80.3 Å². The molecule has 4 aromatic rings. The average Bonchev–Trinajstić information content (AvgIpc) is 3.09. The fourth-order valence-electron chi connectivity index (χ4n) is 3.01. The summed E-state index contributed by atoms with van der Waals surface area (Å²) in [6.45, 7) is 3.77. The van der Waals surface area contributed by atoms with Crippen molar-refractivity contribution >= 4 is 57.5 Å². The van der Waals surface area contributed by atoms with E-state index >= 15 is 0 Å². The Morgan fingerprint density at radius 3 is 2.55 bits per heavy atom. The number of hydrogen-bond acceptors (Lipinski definition) is 3. The molecule has 29 heavy (non-hydrogen) atoms. The summed E-state index contributed by atoms with van der Waals surface area (Å²) >= 11 is 18.4. The van der Waals surface area contributed by atoms with Gasteiger partial charge < -0.3 is 9.73 Å². The van der Waals surface area contributed by atoms with Crippen LogP contribution in [-0.4, -0.2) is 10.9 Å². The van der Waals surface area contributed by atoms with Gasteiger partial charge in [0.05, 0.1) is 5.02 Å². The third-order valence-corrected chi connectivity index (χ3v) is 5.56. The van der Waals surface area contributed by atoms with Crippen LogP contribution in [0.2, 0.25) is 15.1 Å². The molecule has 0 atom stereocenters. The van der Waals surface area contributed by atoms with Crippen LogP contribution in [0.4, 0.5) is 5.69 Å². The first-order valence-electron chi connectivity index (χ1n) is 8.76. The van der Waals surface area contributed by atoms with E-state index in [2.05, 4.69) is 10.3 Å². The van der Waals surface area contributed by atoms with Crippen molar-refractivity contribution in [1.82, 2.24) is 4.98 Å². The molecule has 0 aliphatic carbocycles. The van der Waals surface area contributed by atoms with Crippen molar-refractivity contribution in [2.45, 2.75) is 13.8 Å². The molecule has 146 valence electrons. The molecular weight excluding hydrogens is 431 g/mol. The Morgan fingerprint density at radius 2 is 1.79 bits per heavy atom. The van der Waals surface area contributed by atoms with Crippen LogP contribution in [0.25, 0.3) is 22.6 Å². The third-order valence-electron chi connectivity index (χ3n) is 4.66. The van der Waals surface area contributed by atoms with Gasteiger partial charge in [0.2, 0.25) is 5.89 Å². The van der Waals surface area contributed by atoms with Gasteiger partial charge in [-0.2, -0.15) is 0 Å². The Balaban J connectivity index is 1.70. The maximum absolute atomic E-state index is 12.7. The molecule has 4 nitrogen and oxygen atoms in total. The van der Waals surface area contributed by atoms with Crippen LogP contribution < -0.4 is 5.32 Å². The normalized spacial score (nSPS) is 11.1. The van der Waals surface area contributed by atoms with Crippen LogP contribution in [0, 0.1) is 13.8 Å². The molecule has 3 aromatic carbocycles. The highest BCUT2D eigenvalue weighted by Gasteiger charge is 2.17. The predicted molar refractivity (Wildman–Crippen MR) is 118 cm³/mol. The van der Waals surface area contributed by atoms with Crippen LogP contribution in [0.3, 0.4) is 0 Å². The van der Waals surface area contributed by atoms with Crippen LogP contribution in [0.1, 0.15) is 21.5 Å². The van der Waals surface area contributed by atoms with E-state index in [1.54, 1.807) is 24.3 Å². The SMILES string of the molecule is Cc1ccc(C(=O)Nc2cccc(-c3nc4cc(Cl)cc(Cl)c4o3)c2C)cc1Cl.